The van der Waals surface area contributed by atoms with Crippen molar-refractivity contribution in [2.24, 2.45) is 5.73 Å². The van der Waals surface area contributed by atoms with Gasteiger partial charge in [-0.2, -0.15) is 0 Å². The Hall–Kier alpha value is -1.59. The molecule has 0 radical (unpaired) electrons. The Morgan fingerprint density at radius 1 is 1.58 bits per heavy atom. The lowest BCUT2D eigenvalue weighted by molar-refractivity contribution is 0.0668. The SMILES string of the molecule is COc1ccc(CN2CCCC(O)C2)cc1C(=N)N. The third-order valence-corrected chi connectivity index (χ3v) is 3.44. The van der Waals surface area contributed by atoms with Crippen LogP contribution in [-0.4, -0.2) is 42.1 Å². The van der Waals surface area contributed by atoms with Gasteiger partial charge in [0, 0.05) is 13.1 Å². The molecule has 0 aromatic heterocycles. The van der Waals surface area contributed by atoms with E-state index in [2.05, 4.69) is 4.90 Å². The van der Waals surface area contributed by atoms with Crippen LogP contribution in [0.25, 0.3) is 0 Å². The predicted octanol–water partition coefficient (Wildman–Crippen LogP) is 0.936. The number of aliphatic hydroxyl groups is 1. The van der Waals surface area contributed by atoms with Crippen molar-refractivity contribution < 1.29 is 9.84 Å². The fourth-order valence-corrected chi connectivity index (χ4v) is 2.50. The molecular weight excluding hydrogens is 242 g/mol. The lowest BCUT2D eigenvalue weighted by Gasteiger charge is -2.30. The molecule has 0 aliphatic carbocycles. The second kappa shape index (κ2) is 6.04. The van der Waals surface area contributed by atoms with Crippen molar-refractivity contribution in [3.8, 4) is 5.75 Å². The van der Waals surface area contributed by atoms with Gasteiger partial charge >= 0.3 is 0 Å². The highest BCUT2D eigenvalue weighted by molar-refractivity contribution is 5.97. The number of nitrogens with two attached hydrogens (primary N) is 1. The van der Waals surface area contributed by atoms with E-state index in [9.17, 15) is 5.11 Å². The maximum Gasteiger partial charge on any atom is 0.129 e. The van der Waals surface area contributed by atoms with Crippen molar-refractivity contribution in [3.05, 3.63) is 29.3 Å². The molecule has 0 amide bonds. The minimum Gasteiger partial charge on any atom is -0.496 e. The van der Waals surface area contributed by atoms with E-state index in [-0.39, 0.29) is 11.9 Å². The van der Waals surface area contributed by atoms with Crippen molar-refractivity contribution in [2.75, 3.05) is 20.2 Å². The van der Waals surface area contributed by atoms with Crippen LogP contribution < -0.4 is 10.5 Å². The van der Waals surface area contributed by atoms with Gasteiger partial charge in [0.1, 0.15) is 11.6 Å². The van der Waals surface area contributed by atoms with E-state index in [1.165, 1.54) is 0 Å². The number of nitrogens with zero attached hydrogens (tertiary/aromatic N) is 1. The minimum absolute atomic E-state index is 0.0115. The largest absolute Gasteiger partial charge is 0.496 e. The maximum atomic E-state index is 9.67. The van der Waals surface area contributed by atoms with Crippen LogP contribution in [0, 0.1) is 5.41 Å². The Morgan fingerprint density at radius 2 is 2.37 bits per heavy atom. The van der Waals surface area contributed by atoms with E-state index >= 15 is 0 Å². The first-order valence-corrected chi connectivity index (χ1v) is 6.52. The molecule has 4 N–H and O–H groups in total. The van der Waals surface area contributed by atoms with Crippen molar-refractivity contribution in [3.63, 3.8) is 0 Å². The third kappa shape index (κ3) is 3.45. The van der Waals surface area contributed by atoms with Gasteiger partial charge in [0.05, 0.1) is 18.8 Å². The highest BCUT2D eigenvalue weighted by Crippen LogP contribution is 2.21. The first-order chi connectivity index (χ1) is 9.10. The molecule has 1 saturated heterocycles. The van der Waals surface area contributed by atoms with Crippen molar-refractivity contribution in [2.45, 2.75) is 25.5 Å². The summed E-state index contributed by atoms with van der Waals surface area (Å²) in [6, 6.07) is 5.71. The predicted molar refractivity (Wildman–Crippen MR) is 74.5 cm³/mol. The highest BCUT2D eigenvalue weighted by Gasteiger charge is 2.18. The number of β-amino-alcohol motifs (C(OH)–C–C–N with tert-alkyl or cyclic N) is 1. The summed E-state index contributed by atoms with van der Waals surface area (Å²) in [5, 5.41) is 17.2. The number of ether oxygens (including phenoxy) is 1. The molecule has 1 aromatic rings. The molecule has 1 aliphatic heterocycles. The number of piperidine rings is 1. The van der Waals surface area contributed by atoms with E-state index in [1.54, 1.807) is 7.11 Å². The van der Waals surface area contributed by atoms with Crippen LogP contribution in [-0.2, 0) is 6.54 Å². The van der Waals surface area contributed by atoms with Gasteiger partial charge in [-0.3, -0.25) is 10.3 Å². The third-order valence-electron chi connectivity index (χ3n) is 3.44. The van der Waals surface area contributed by atoms with Gasteiger partial charge in [-0.25, -0.2) is 0 Å². The molecule has 0 bridgehead atoms. The van der Waals surface area contributed by atoms with E-state index in [1.807, 2.05) is 18.2 Å². The Morgan fingerprint density at radius 3 is 3.00 bits per heavy atom. The number of hydrogen-bond donors (Lipinski definition) is 3. The zero-order valence-electron chi connectivity index (χ0n) is 11.2. The zero-order valence-corrected chi connectivity index (χ0v) is 11.2. The molecule has 0 spiro atoms. The molecule has 5 nitrogen and oxygen atoms in total. The Bertz CT molecular complexity index is 462. The summed E-state index contributed by atoms with van der Waals surface area (Å²) in [6.45, 7) is 2.47. The summed E-state index contributed by atoms with van der Waals surface area (Å²) in [6.07, 6.45) is 1.69. The molecule has 1 fully saturated rings. The van der Waals surface area contributed by atoms with Gasteiger partial charge in [-0.15, -0.1) is 0 Å². The zero-order chi connectivity index (χ0) is 13.8. The number of hydrogen-bond acceptors (Lipinski definition) is 4. The van der Waals surface area contributed by atoms with Gasteiger partial charge in [0.25, 0.3) is 0 Å². The van der Waals surface area contributed by atoms with E-state index < -0.39 is 0 Å². The fraction of sp³-hybridized carbons (Fsp3) is 0.500. The topological polar surface area (TPSA) is 82.6 Å². The first kappa shape index (κ1) is 13.8. The van der Waals surface area contributed by atoms with Gasteiger partial charge < -0.3 is 15.6 Å². The average Bonchev–Trinajstić information content (AvgIpc) is 2.38. The highest BCUT2D eigenvalue weighted by atomic mass is 16.5. The molecule has 0 saturated carbocycles. The van der Waals surface area contributed by atoms with E-state index in [0.717, 1.165) is 31.5 Å². The van der Waals surface area contributed by atoms with Crippen LogP contribution in [0.2, 0.25) is 0 Å². The van der Waals surface area contributed by atoms with Crippen LogP contribution in [0.1, 0.15) is 24.0 Å². The summed E-state index contributed by atoms with van der Waals surface area (Å²) in [7, 11) is 1.57. The normalized spacial score (nSPS) is 20.2. The van der Waals surface area contributed by atoms with Gasteiger partial charge in [0.2, 0.25) is 0 Å². The number of likely N-dealkylation sites (tertiary alicyclic amines) is 1. The summed E-state index contributed by atoms with van der Waals surface area (Å²) in [5.41, 5.74) is 7.27. The number of rotatable bonds is 4. The van der Waals surface area contributed by atoms with E-state index in [4.69, 9.17) is 15.9 Å². The molecule has 104 valence electrons. The second-order valence-corrected chi connectivity index (χ2v) is 4.98. The van der Waals surface area contributed by atoms with E-state index in [0.29, 0.717) is 17.9 Å². The number of aliphatic hydroxyl groups excluding tert-OH is 1. The Balaban J connectivity index is 2.12. The number of nitrogen functional groups attached to an aromatic ring is 1. The van der Waals surface area contributed by atoms with Crippen LogP contribution in [0.15, 0.2) is 18.2 Å². The van der Waals surface area contributed by atoms with Crippen LogP contribution in [0.3, 0.4) is 0 Å². The summed E-state index contributed by atoms with van der Waals surface area (Å²) >= 11 is 0. The molecule has 1 atom stereocenters. The van der Waals surface area contributed by atoms with Crippen LogP contribution in [0.5, 0.6) is 5.75 Å². The number of benzene rings is 1. The average molecular weight is 263 g/mol. The van der Waals surface area contributed by atoms with Crippen molar-refractivity contribution >= 4 is 5.84 Å². The van der Waals surface area contributed by atoms with Gasteiger partial charge in [0.15, 0.2) is 0 Å². The number of methoxy groups -OCH3 is 1. The fourth-order valence-electron chi connectivity index (χ4n) is 2.50. The van der Waals surface area contributed by atoms with Gasteiger partial charge in [-0.05, 0) is 37.1 Å². The first-order valence-electron chi connectivity index (χ1n) is 6.52. The monoisotopic (exact) mass is 263 g/mol. The van der Waals surface area contributed by atoms with Crippen molar-refractivity contribution in [1.82, 2.24) is 4.90 Å². The summed E-state index contributed by atoms with van der Waals surface area (Å²) in [5.74, 6) is 0.632. The quantitative estimate of drug-likeness (QED) is 0.557. The summed E-state index contributed by atoms with van der Waals surface area (Å²) < 4.78 is 5.19. The molecule has 1 heterocycles. The number of nitrogens with one attached hydrogen (secondary N) is 1. The summed E-state index contributed by atoms with van der Waals surface area (Å²) in [4.78, 5) is 2.22. The molecule has 1 aromatic carbocycles. The molecule has 1 aliphatic rings. The van der Waals surface area contributed by atoms with Crippen LogP contribution >= 0.6 is 0 Å². The van der Waals surface area contributed by atoms with Gasteiger partial charge in [-0.1, -0.05) is 6.07 Å². The lowest BCUT2D eigenvalue weighted by atomic mass is 10.1. The standard InChI is InChI=1S/C14H21N3O2/c1-19-13-5-4-10(7-12(13)14(15)16)8-17-6-2-3-11(18)9-17/h4-5,7,11,18H,2-3,6,8-9H2,1H3,(H3,15,16). The molecule has 1 unspecified atom stereocenters. The number of amidine groups is 1. The Labute approximate surface area is 113 Å². The Kier molecular flexibility index (Phi) is 4.39. The molecular formula is C14H21N3O2. The molecule has 5 heteroatoms. The second-order valence-electron chi connectivity index (χ2n) is 4.98. The van der Waals surface area contributed by atoms with Crippen LogP contribution in [0.4, 0.5) is 0 Å². The maximum absolute atomic E-state index is 9.67. The minimum atomic E-state index is -0.223. The molecule has 2 rings (SSSR count). The lowest BCUT2D eigenvalue weighted by Crippen LogP contribution is -2.37. The van der Waals surface area contributed by atoms with Crippen molar-refractivity contribution in [1.29, 1.82) is 5.41 Å². The molecule has 19 heavy (non-hydrogen) atoms. The smallest absolute Gasteiger partial charge is 0.129 e.